The van der Waals surface area contributed by atoms with Crippen molar-refractivity contribution in [1.82, 2.24) is 4.98 Å². The number of benzene rings is 1. The number of aromatic nitrogens is 1. The predicted molar refractivity (Wildman–Crippen MR) is 74.8 cm³/mol. The lowest BCUT2D eigenvalue weighted by Gasteiger charge is -2.02. The van der Waals surface area contributed by atoms with E-state index in [1.807, 2.05) is 36.6 Å². The molecule has 1 heterocycles. The maximum Gasteiger partial charge on any atom is 0.180 e. The van der Waals surface area contributed by atoms with Crippen molar-refractivity contribution in [3.8, 4) is 5.75 Å². The monoisotopic (exact) mass is 281 g/mol. The summed E-state index contributed by atoms with van der Waals surface area (Å²) in [6.07, 6.45) is 0.787. The van der Waals surface area contributed by atoms with E-state index in [0.717, 1.165) is 27.8 Å². The third-order valence-corrected chi connectivity index (χ3v) is 5.18. The molecule has 0 bridgehead atoms. The van der Waals surface area contributed by atoms with Crippen LogP contribution in [-0.4, -0.2) is 22.1 Å². The summed E-state index contributed by atoms with van der Waals surface area (Å²) in [5.74, 6) is 1.45. The number of methoxy groups -OCH3 is 1. The number of thiazole rings is 1. The van der Waals surface area contributed by atoms with Gasteiger partial charge in [-0.15, -0.1) is 11.3 Å². The van der Waals surface area contributed by atoms with Gasteiger partial charge in [-0.05, 0) is 31.0 Å². The molecule has 18 heavy (non-hydrogen) atoms. The molecule has 0 amide bonds. The minimum absolute atomic E-state index is 0.610. The Labute approximate surface area is 113 Å². The van der Waals surface area contributed by atoms with Crippen LogP contribution in [-0.2, 0) is 17.2 Å². The van der Waals surface area contributed by atoms with E-state index in [4.69, 9.17) is 4.74 Å². The summed E-state index contributed by atoms with van der Waals surface area (Å²) in [6, 6.07) is 7.85. The first-order valence-electron chi connectivity index (χ1n) is 5.62. The van der Waals surface area contributed by atoms with Gasteiger partial charge in [0.2, 0.25) is 0 Å². The van der Waals surface area contributed by atoms with E-state index < -0.39 is 10.8 Å². The van der Waals surface area contributed by atoms with Crippen LogP contribution in [0, 0.1) is 6.92 Å². The zero-order valence-corrected chi connectivity index (χ0v) is 12.0. The van der Waals surface area contributed by atoms with E-state index in [1.54, 1.807) is 7.11 Å². The molecule has 1 unspecified atom stereocenters. The molecule has 96 valence electrons. The first-order chi connectivity index (χ1) is 8.69. The van der Waals surface area contributed by atoms with Gasteiger partial charge in [-0.25, -0.2) is 4.98 Å². The molecule has 0 saturated carbocycles. The quantitative estimate of drug-likeness (QED) is 0.846. The van der Waals surface area contributed by atoms with Crippen molar-refractivity contribution in [1.29, 1.82) is 0 Å². The van der Waals surface area contributed by atoms with Crippen molar-refractivity contribution in [3.63, 3.8) is 0 Å². The van der Waals surface area contributed by atoms with Crippen LogP contribution < -0.4 is 4.74 Å². The van der Waals surface area contributed by atoms with Gasteiger partial charge in [0.1, 0.15) is 5.75 Å². The van der Waals surface area contributed by atoms with Crippen LogP contribution in [0.2, 0.25) is 0 Å². The zero-order chi connectivity index (χ0) is 13.0. The Morgan fingerprint density at radius 3 is 2.61 bits per heavy atom. The van der Waals surface area contributed by atoms with Gasteiger partial charge in [0.25, 0.3) is 0 Å². The molecule has 3 nitrogen and oxygen atoms in total. The molecule has 2 rings (SSSR count). The molecule has 0 aliphatic heterocycles. The second kappa shape index (κ2) is 6.11. The van der Waals surface area contributed by atoms with E-state index in [9.17, 15) is 4.21 Å². The molecule has 0 aliphatic carbocycles. The molecule has 0 N–H and O–H groups in total. The van der Waals surface area contributed by atoms with E-state index in [-0.39, 0.29) is 0 Å². The molecule has 0 fully saturated rings. The van der Waals surface area contributed by atoms with Gasteiger partial charge in [-0.1, -0.05) is 12.1 Å². The number of hydrogen-bond acceptors (Lipinski definition) is 4. The van der Waals surface area contributed by atoms with Crippen LogP contribution in [0.3, 0.4) is 0 Å². The standard InChI is InChI=1S/C13H15NO2S2/c1-10-9-17-13(14-10)18(15)8-7-11-3-5-12(16-2)6-4-11/h3-6,9H,7-8H2,1-2H3. The maximum absolute atomic E-state index is 12.0. The highest BCUT2D eigenvalue weighted by Gasteiger charge is 2.08. The zero-order valence-electron chi connectivity index (χ0n) is 10.4. The molecule has 0 saturated heterocycles. The SMILES string of the molecule is COc1ccc(CCS(=O)c2nc(C)cs2)cc1. The van der Waals surface area contributed by atoms with Crippen molar-refractivity contribution in [2.75, 3.05) is 12.9 Å². The van der Waals surface area contributed by atoms with E-state index in [1.165, 1.54) is 11.3 Å². The Bertz CT molecular complexity index is 534. The Kier molecular flexibility index (Phi) is 4.49. The molecule has 2 aromatic rings. The summed E-state index contributed by atoms with van der Waals surface area (Å²) in [7, 11) is 0.654. The topological polar surface area (TPSA) is 39.2 Å². The number of hydrogen-bond donors (Lipinski definition) is 0. The van der Waals surface area contributed by atoms with Crippen LogP contribution in [0.25, 0.3) is 0 Å². The van der Waals surface area contributed by atoms with E-state index in [0.29, 0.717) is 5.75 Å². The second-order valence-electron chi connectivity index (χ2n) is 3.90. The number of aryl methyl sites for hydroxylation is 2. The minimum Gasteiger partial charge on any atom is -0.497 e. The first kappa shape index (κ1) is 13.2. The second-order valence-corrected chi connectivity index (χ2v) is 6.51. The fourth-order valence-corrected chi connectivity index (χ4v) is 3.71. The molecule has 0 radical (unpaired) electrons. The molecular weight excluding hydrogens is 266 g/mol. The van der Waals surface area contributed by atoms with Crippen LogP contribution in [0.15, 0.2) is 34.0 Å². The van der Waals surface area contributed by atoms with Gasteiger partial charge < -0.3 is 4.74 Å². The predicted octanol–water partition coefficient (Wildman–Crippen LogP) is 2.81. The normalized spacial score (nSPS) is 12.3. The smallest absolute Gasteiger partial charge is 0.180 e. The lowest BCUT2D eigenvalue weighted by Crippen LogP contribution is -2.01. The van der Waals surface area contributed by atoms with Crippen molar-refractivity contribution >= 4 is 22.1 Å². The highest BCUT2D eigenvalue weighted by molar-refractivity contribution is 7.87. The molecule has 5 heteroatoms. The van der Waals surface area contributed by atoms with Crippen LogP contribution in [0.4, 0.5) is 0 Å². The van der Waals surface area contributed by atoms with Crippen molar-refractivity contribution in [2.45, 2.75) is 17.7 Å². The van der Waals surface area contributed by atoms with Gasteiger partial charge in [-0.2, -0.15) is 0 Å². The third-order valence-electron chi connectivity index (χ3n) is 2.53. The highest BCUT2D eigenvalue weighted by atomic mass is 32.2. The number of nitrogens with zero attached hydrogens (tertiary/aromatic N) is 1. The average Bonchev–Trinajstić information content (AvgIpc) is 2.83. The number of ether oxygens (including phenoxy) is 1. The Morgan fingerprint density at radius 2 is 2.06 bits per heavy atom. The maximum atomic E-state index is 12.0. The Balaban J connectivity index is 1.92. The molecule has 1 aromatic carbocycles. The summed E-state index contributed by atoms with van der Waals surface area (Å²) in [6.45, 7) is 1.92. The summed E-state index contributed by atoms with van der Waals surface area (Å²) in [5, 5.41) is 1.93. The third kappa shape index (κ3) is 3.40. The fraction of sp³-hybridized carbons (Fsp3) is 0.308. The minimum atomic E-state index is -0.994. The molecule has 0 spiro atoms. The largest absolute Gasteiger partial charge is 0.497 e. The Morgan fingerprint density at radius 1 is 1.33 bits per heavy atom. The molecule has 1 aromatic heterocycles. The average molecular weight is 281 g/mol. The molecular formula is C13H15NO2S2. The van der Waals surface area contributed by atoms with Crippen LogP contribution >= 0.6 is 11.3 Å². The van der Waals surface area contributed by atoms with Crippen molar-refractivity contribution in [3.05, 3.63) is 40.9 Å². The molecule has 1 atom stereocenters. The number of rotatable bonds is 5. The lowest BCUT2D eigenvalue weighted by atomic mass is 10.2. The van der Waals surface area contributed by atoms with Crippen LogP contribution in [0.1, 0.15) is 11.3 Å². The summed E-state index contributed by atoms with van der Waals surface area (Å²) >= 11 is 1.47. The van der Waals surface area contributed by atoms with E-state index >= 15 is 0 Å². The van der Waals surface area contributed by atoms with Gasteiger partial charge in [-0.3, -0.25) is 4.21 Å². The van der Waals surface area contributed by atoms with Crippen molar-refractivity contribution < 1.29 is 8.95 Å². The molecule has 0 aliphatic rings. The van der Waals surface area contributed by atoms with Crippen molar-refractivity contribution in [2.24, 2.45) is 0 Å². The van der Waals surface area contributed by atoms with Gasteiger partial charge in [0.05, 0.1) is 17.9 Å². The van der Waals surface area contributed by atoms with E-state index in [2.05, 4.69) is 4.98 Å². The highest BCUT2D eigenvalue weighted by Crippen LogP contribution is 2.16. The summed E-state index contributed by atoms with van der Waals surface area (Å²) in [5.41, 5.74) is 2.10. The first-order valence-corrected chi connectivity index (χ1v) is 7.82. The Hall–Kier alpha value is -1.20. The van der Waals surface area contributed by atoms with Gasteiger partial charge >= 0.3 is 0 Å². The lowest BCUT2D eigenvalue weighted by molar-refractivity contribution is 0.414. The van der Waals surface area contributed by atoms with Gasteiger partial charge in [0, 0.05) is 16.8 Å². The fourth-order valence-electron chi connectivity index (χ4n) is 1.53. The summed E-state index contributed by atoms with van der Waals surface area (Å²) < 4.78 is 17.8. The van der Waals surface area contributed by atoms with Gasteiger partial charge in [0.15, 0.2) is 4.34 Å². The van der Waals surface area contributed by atoms with Crippen LogP contribution in [0.5, 0.6) is 5.75 Å². The summed E-state index contributed by atoms with van der Waals surface area (Å²) in [4.78, 5) is 4.25.